The van der Waals surface area contributed by atoms with Gasteiger partial charge in [-0.1, -0.05) is 13.3 Å². The third-order valence-corrected chi connectivity index (χ3v) is 2.93. The number of hydrogen-bond donors (Lipinski definition) is 1. The number of anilines is 2. The summed E-state index contributed by atoms with van der Waals surface area (Å²) in [5, 5.41) is 8.68. The number of hydrogen-bond acceptors (Lipinski definition) is 5. The van der Waals surface area contributed by atoms with Gasteiger partial charge in [-0.05, 0) is 6.42 Å². The molecule has 0 fully saturated rings. The Kier molecular flexibility index (Phi) is 6.05. The van der Waals surface area contributed by atoms with E-state index >= 15 is 0 Å². The van der Waals surface area contributed by atoms with E-state index in [1.165, 1.54) is 6.33 Å². The van der Waals surface area contributed by atoms with E-state index in [0.717, 1.165) is 31.0 Å². The molecule has 0 radical (unpaired) electrons. The molecule has 0 aliphatic carbocycles. The molecule has 0 spiro atoms. The first-order chi connectivity index (χ1) is 9.04. The number of nitrogens with zero attached hydrogens (tertiary/aromatic N) is 4. The van der Waals surface area contributed by atoms with Gasteiger partial charge in [0.2, 0.25) is 0 Å². The summed E-state index contributed by atoms with van der Waals surface area (Å²) in [4.78, 5) is 22.9. The highest BCUT2D eigenvalue weighted by Crippen LogP contribution is 2.16. The second-order valence-corrected chi connectivity index (χ2v) is 4.57. The average Bonchev–Trinajstić information content (AvgIpc) is 2.42. The molecule has 1 rings (SSSR count). The van der Waals surface area contributed by atoms with E-state index in [1.54, 1.807) is 0 Å². The Labute approximate surface area is 114 Å². The van der Waals surface area contributed by atoms with Gasteiger partial charge in [-0.15, -0.1) is 0 Å². The molecular formula is C13H22N4O2. The smallest absolute Gasteiger partial charge is 0.305 e. The van der Waals surface area contributed by atoms with Crippen molar-refractivity contribution in [3.63, 3.8) is 0 Å². The summed E-state index contributed by atoms with van der Waals surface area (Å²) in [6.07, 6.45) is 3.87. The molecule has 6 nitrogen and oxygen atoms in total. The molecule has 106 valence electrons. The molecule has 0 saturated heterocycles. The summed E-state index contributed by atoms with van der Waals surface area (Å²) in [6, 6.07) is 1.89. The molecule has 0 amide bonds. The van der Waals surface area contributed by atoms with Gasteiger partial charge in [0.1, 0.15) is 18.0 Å². The van der Waals surface area contributed by atoms with Gasteiger partial charge in [0, 0.05) is 33.3 Å². The lowest BCUT2D eigenvalue weighted by Crippen LogP contribution is -2.24. The fraction of sp³-hybridized carbons (Fsp3) is 0.615. The van der Waals surface area contributed by atoms with Crippen LogP contribution >= 0.6 is 0 Å². The van der Waals surface area contributed by atoms with Crippen LogP contribution in [0.2, 0.25) is 0 Å². The Morgan fingerprint density at radius 3 is 2.32 bits per heavy atom. The molecule has 0 aliphatic rings. The fourth-order valence-corrected chi connectivity index (χ4v) is 1.64. The maximum atomic E-state index is 10.6. The molecule has 0 saturated carbocycles. The average molecular weight is 266 g/mol. The SMILES string of the molecule is CCCCN(C)c1cc(N(C)CCC(=O)O)ncn1. The molecule has 1 aromatic heterocycles. The van der Waals surface area contributed by atoms with Crippen LogP contribution in [0.25, 0.3) is 0 Å². The van der Waals surface area contributed by atoms with Gasteiger partial charge in [-0.25, -0.2) is 9.97 Å². The second kappa shape index (κ2) is 7.56. The first-order valence-electron chi connectivity index (χ1n) is 6.50. The molecule has 19 heavy (non-hydrogen) atoms. The van der Waals surface area contributed by atoms with Crippen LogP contribution < -0.4 is 9.80 Å². The van der Waals surface area contributed by atoms with Gasteiger partial charge < -0.3 is 14.9 Å². The van der Waals surface area contributed by atoms with Crippen molar-refractivity contribution in [2.75, 3.05) is 37.0 Å². The van der Waals surface area contributed by atoms with E-state index in [1.807, 2.05) is 25.1 Å². The maximum absolute atomic E-state index is 10.6. The summed E-state index contributed by atoms with van der Waals surface area (Å²) in [7, 11) is 3.83. The second-order valence-electron chi connectivity index (χ2n) is 4.57. The molecule has 0 unspecified atom stereocenters. The molecule has 1 aromatic rings. The molecule has 0 aliphatic heterocycles. The van der Waals surface area contributed by atoms with E-state index in [2.05, 4.69) is 21.8 Å². The van der Waals surface area contributed by atoms with E-state index in [9.17, 15) is 4.79 Å². The number of rotatable bonds is 8. The monoisotopic (exact) mass is 266 g/mol. The molecule has 1 heterocycles. The summed E-state index contributed by atoms with van der Waals surface area (Å²) < 4.78 is 0. The van der Waals surface area contributed by atoms with Crippen molar-refractivity contribution in [3.8, 4) is 0 Å². The highest BCUT2D eigenvalue weighted by Gasteiger charge is 2.08. The zero-order valence-electron chi connectivity index (χ0n) is 11.8. The number of aromatic nitrogens is 2. The van der Waals surface area contributed by atoms with Crippen LogP contribution in [0.3, 0.4) is 0 Å². The highest BCUT2D eigenvalue weighted by molar-refractivity contribution is 5.67. The summed E-state index contributed by atoms with van der Waals surface area (Å²) in [5.74, 6) is 0.802. The molecular weight excluding hydrogens is 244 g/mol. The molecule has 0 bridgehead atoms. The first kappa shape index (κ1) is 15.2. The van der Waals surface area contributed by atoms with E-state index in [-0.39, 0.29) is 6.42 Å². The van der Waals surface area contributed by atoms with Gasteiger partial charge >= 0.3 is 5.97 Å². The van der Waals surface area contributed by atoms with Crippen LogP contribution in [-0.2, 0) is 4.79 Å². The van der Waals surface area contributed by atoms with Crippen molar-refractivity contribution in [3.05, 3.63) is 12.4 Å². The lowest BCUT2D eigenvalue weighted by molar-refractivity contribution is -0.136. The lowest BCUT2D eigenvalue weighted by atomic mass is 10.3. The van der Waals surface area contributed by atoms with E-state index < -0.39 is 5.97 Å². The zero-order valence-corrected chi connectivity index (χ0v) is 11.8. The van der Waals surface area contributed by atoms with Gasteiger partial charge in [0.05, 0.1) is 6.42 Å². The molecule has 1 N–H and O–H groups in total. The minimum absolute atomic E-state index is 0.0987. The Morgan fingerprint density at radius 1 is 1.21 bits per heavy atom. The third kappa shape index (κ3) is 5.11. The van der Waals surface area contributed by atoms with Crippen molar-refractivity contribution in [1.82, 2.24) is 9.97 Å². The Bertz CT molecular complexity index is 411. The van der Waals surface area contributed by atoms with Crippen LogP contribution in [0.4, 0.5) is 11.6 Å². The van der Waals surface area contributed by atoms with Crippen molar-refractivity contribution >= 4 is 17.6 Å². The van der Waals surface area contributed by atoms with Gasteiger partial charge in [-0.3, -0.25) is 4.79 Å². The number of carboxylic acid groups (broad SMARTS) is 1. The van der Waals surface area contributed by atoms with Gasteiger partial charge in [0.15, 0.2) is 0 Å². The quantitative estimate of drug-likeness (QED) is 0.771. The normalized spacial score (nSPS) is 10.3. The topological polar surface area (TPSA) is 69.6 Å². The van der Waals surface area contributed by atoms with Gasteiger partial charge in [0.25, 0.3) is 0 Å². The molecule has 0 atom stereocenters. The number of carboxylic acids is 1. The maximum Gasteiger partial charge on any atom is 0.305 e. The van der Waals surface area contributed by atoms with Crippen LogP contribution in [0.5, 0.6) is 0 Å². The Hall–Kier alpha value is -1.85. The van der Waals surface area contributed by atoms with Crippen LogP contribution in [0.15, 0.2) is 12.4 Å². The van der Waals surface area contributed by atoms with E-state index in [4.69, 9.17) is 5.11 Å². The number of unbranched alkanes of at least 4 members (excludes halogenated alkanes) is 1. The zero-order chi connectivity index (χ0) is 14.3. The van der Waals surface area contributed by atoms with E-state index in [0.29, 0.717) is 6.54 Å². The standard InChI is InChI=1S/C13H22N4O2/c1-4-5-7-16(2)11-9-12(15-10-14-11)17(3)8-6-13(18)19/h9-10H,4-8H2,1-3H3,(H,18,19). The summed E-state index contributed by atoms with van der Waals surface area (Å²) in [6.45, 7) is 3.54. The van der Waals surface area contributed by atoms with Crippen molar-refractivity contribution in [2.45, 2.75) is 26.2 Å². The highest BCUT2D eigenvalue weighted by atomic mass is 16.4. The summed E-state index contributed by atoms with van der Waals surface area (Å²) >= 11 is 0. The van der Waals surface area contributed by atoms with Crippen LogP contribution in [-0.4, -0.2) is 48.2 Å². The van der Waals surface area contributed by atoms with Crippen molar-refractivity contribution in [1.29, 1.82) is 0 Å². The van der Waals surface area contributed by atoms with Crippen molar-refractivity contribution < 1.29 is 9.90 Å². The summed E-state index contributed by atoms with van der Waals surface area (Å²) in [5.41, 5.74) is 0. The predicted octanol–water partition coefficient (Wildman–Crippen LogP) is 1.62. The van der Waals surface area contributed by atoms with Crippen molar-refractivity contribution in [2.24, 2.45) is 0 Å². The molecule has 0 aromatic carbocycles. The van der Waals surface area contributed by atoms with Crippen LogP contribution in [0.1, 0.15) is 26.2 Å². The minimum Gasteiger partial charge on any atom is -0.481 e. The Morgan fingerprint density at radius 2 is 1.79 bits per heavy atom. The predicted molar refractivity (Wildman–Crippen MR) is 75.7 cm³/mol. The van der Waals surface area contributed by atoms with Crippen LogP contribution in [0, 0.1) is 0 Å². The first-order valence-corrected chi connectivity index (χ1v) is 6.50. The number of aliphatic carboxylic acids is 1. The third-order valence-electron chi connectivity index (χ3n) is 2.93. The number of carbonyl (C=O) groups is 1. The fourth-order valence-electron chi connectivity index (χ4n) is 1.64. The largest absolute Gasteiger partial charge is 0.481 e. The van der Waals surface area contributed by atoms with Gasteiger partial charge in [-0.2, -0.15) is 0 Å². The minimum atomic E-state index is -0.804. The molecule has 6 heteroatoms. The lowest BCUT2D eigenvalue weighted by Gasteiger charge is -2.21. The Balaban J connectivity index is 2.67.